The van der Waals surface area contributed by atoms with E-state index in [2.05, 4.69) is 5.32 Å². The number of anilines is 3. The number of hydrogen-bond donors (Lipinski definition) is 1. The van der Waals surface area contributed by atoms with Crippen molar-refractivity contribution < 1.29 is 19.2 Å². The third-order valence-corrected chi connectivity index (χ3v) is 6.35. The molecular weight excluding hydrogens is 398 g/mol. The Morgan fingerprint density at radius 3 is 2.29 bits per heavy atom. The fourth-order valence-corrected chi connectivity index (χ4v) is 5.03. The van der Waals surface area contributed by atoms with E-state index >= 15 is 0 Å². The summed E-state index contributed by atoms with van der Waals surface area (Å²) in [4.78, 5) is 38.4. The normalized spacial score (nSPS) is 25.8. The minimum atomic E-state index is -0.516. The van der Waals surface area contributed by atoms with Gasteiger partial charge in [-0.15, -0.1) is 0 Å². The number of carbonyl (C=O) groups is 2. The lowest BCUT2D eigenvalue weighted by molar-refractivity contribution is -0.383. The zero-order valence-electron chi connectivity index (χ0n) is 16.9. The van der Waals surface area contributed by atoms with Crippen LogP contribution in [0.4, 0.5) is 22.7 Å². The molecule has 1 aliphatic heterocycles. The largest absolute Gasteiger partial charge is 0.494 e. The smallest absolute Gasteiger partial charge is 0.294 e. The molecule has 1 N–H and O–H groups in total. The molecule has 2 aromatic carbocycles. The topological polar surface area (TPSA) is 102 Å². The van der Waals surface area contributed by atoms with Gasteiger partial charge in [0.25, 0.3) is 5.69 Å². The molecule has 2 fully saturated rings. The molecule has 1 saturated carbocycles. The summed E-state index contributed by atoms with van der Waals surface area (Å²) in [5, 5.41) is 14.8. The number of nitro groups is 1. The predicted octanol–water partition coefficient (Wildman–Crippen LogP) is 4.05. The maximum Gasteiger partial charge on any atom is 0.294 e. The Hall–Kier alpha value is -3.68. The number of nitrogens with one attached hydrogen (secondary N) is 1. The van der Waals surface area contributed by atoms with Crippen molar-refractivity contribution in [3.63, 3.8) is 0 Å². The van der Waals surface area contributed by atoms with Crippen LogP contribution in [-0.4, -0.2) is 23.3 Å². The highest BCUT2D eigenvalue weighted by atomic mass is 16.6. The second kappa shape index (κ2) is 7.23. The number of allylic oxidation sites excluding steroid dienone is 2. The third-order valence-electron chi connectivity index (χ3n) is 6.35. The Kier molecular flexibility index (Phi) is 4.50. The van der Waals surface area contributed by atoms with Gasteiger partial charge in [0.05, 0.1) is 29.1 Å². The van der Waals surface area contributed by atoms with E-state index in [4.69, 9.17) is 4.74 Å². The number of nitro benzene ring substituents is 1. The van der Waals surface area contributed by atoms with E-state index < -0.39 is 4.92 Å². The third kappa shape index (κ3) is 3.06. The highest BCUT2D eigenvalue weighted by Gasteiger charge is 2.59. The van der Waals surface area contributed by atoms with E-state index in [1.807, 2.05) is 19.1 Å². The maximum absolute atomic E-state index is 13.0. The fourth-order valence-electron chi connectivity index (χ4n) is 5.03. The summed E-state index contributed by atoms with van der Waals surface area (Å²) in [5.41, 5.74) is 0.974. The van der Waals surface area contributed by atoms with Gasteiger partial charge in [-0.05, 0) is 61.6 Å². The van der Waals surface area contributed by atoms with Gasteiger partial charge < -0.3 is 10.1 Å². The van der Waals surface area contributed by atoms with Crippen molar-refractivity contribution >= 4 is 34.6 Å². The average molecular weight is 419 g/mol. The molecule has 0 radical (unpaired) electrons. The fraction of sp³-hybridized carbons (Fsp3) is 0.304. The number of ether oxygens (including phenoxy) is 1. The van der Waals surface area contributed by atoms with E-state index in [0.29, 0.717) is 18.0 Å². The molecule has 0 aromatic heterocycles. The van der Waals surface area contributed by atoms with E-state index in [1.54, 1.807) is 30.3 Å². The minimum absolute atomic E-state index is 0.0898. The zero-order chi connectivity index (χ0) is 21.7. The molecule has 2 aliphatic carbocycles. The lowest BCUT2D eigenvalue weighted by Gasteiger charge is -2.18. The van der Waals surface area contributed by atoms with Gasteiger partial charge in [-0.2, -0.15) is 0 Å². The lowest BCUT2D eigenvalue weighted by Crippen LogP contribution is -2.32. The minimum Gasteiger partial charge on any atom is -0.494 e. The molecule has 3 aliphatic rings. The van der Waals surface area contributed by atoms with Gasteiger partial charge in [0.1, 0.15) is 11.4 Å². The summed E-state index contributed by atoms with van der Waals surface area (Å²) < 4.78 is 5.41. The molecule has 0 spiro atoms. The molecule has 1 heterocycles. The first-order chi connectivity index (χ1) is 15.0. The number of nitrogens with zero attached hydrogens (tertiary/aromatic N) is 2. The quantitative estimate of drug-likeness (QED) is 0.328. The van der Waals surface area contributed by atoms with Crippen LogP contribution >= 0.6 is 0 Å². The van der Waals surface area contributed by atoms with Gasteiger partial charge >= 0.3 is 0 Å². The number of amides is 2. The first kappa shape index (κ1) is 19.3. The molecule has 0 unspecified atom stereocenters. The standard InChI is InChI=1S/C23H21N3O5/c1-2-31-17-8-5-15(6-9-17)24-18-10-7-16(12-19(18)26(29)30)25-22(27)20-13-3-4-14(11-13)21(20)23(25)28/h3-10,12-14,20-21,24H,2,11H2,1H3/t13-,14-,20-,21+/m0/s1. The summed E-state index contributed by atoms with van der Waals surface area (Å²) >= 11 is 0. The van der Waals surface area contributed by atoms with Crippen molar-refractivity contribution in [2.24, 2.45) is 23.7 Å². The zero-order valence-corrected chi connectivity index (χ0v) is 16.9. The number of imide groups is 1. The SMILES string of the molecule is CCOc1ccc(Nc2ccc(N3C(=O)[C@@H]4[C@H](C3=O)[C@H]3C=C[C@H]4C3)cc2[N+](=O)[O-])cc1. The summed E-state index contributed by atoms with van der Waals surface area (Å²) in [6, 6.07) is 11.5. The number of hydrogen-bond acceptors (Lipinski definition) is 6. The van der Waals surface area contributed by atoms with Crippen LogP contribution in [0.1, 0.15) is 13.3 Å². The second-order valence-electron chi connectivity index (χ2n) is 8.05. The molecule has 2 bridgehead atoms. The monoisotopic (exact) mass is 419 g/mol. The maximum atomic E-state index is 13.0. The highest BCUT2D eigenvalue weighted by molar-refractivity contribution is 6.23. The van der Waals surface area contributed by atoms with E-state index in [0.717, 1.165) is 11.3 Å². The van der Waals surface area contributed by atoms with Crippen LogP contribution in [0, 0.1) is 33.8 Å². The van der Waals surface area contributed by atoms with Crippen molar-refractivity contribution in [2.45, 2.75) is 13.3 Å². The molecular formula is C23H21N3O5. The first-order valence-electron chi connectivity index (χ1n) is 10.3. The Morgan fingerprint density at radius 2 is 1.71 bits per heavy atom. The molecule has 158 valence electrons. The van der Waals surface area contributed by atoms with Crippen molar-refractivity contribution in [1.82, 2.24) is 0 Å². The molecule has 31 heavy (non-hydrogen) atoms. The molecule has 5 rings (SSSR count). The Labute approximate surface area is 178 Å². The molecule has 4 atom stereocenters. The molecule has 8 heteroatoms. The van der Waals surface area contributed by atoms with E-state index in [-0.39, 0.29) is 52.5 Å². The molecule has 2 amide bonds. The lowest BCUT2D eigenvalue weighted by atomic mass is 9.85. The van der Waals surface area contributed by atoms with Crippen LogP contribution in [0.25, 0.3) is 0 Å². The van der Waals surface area contributed by atoms with Crippen LogP contribution in [0.2, 0.25) is 0 Å². The second-order valence-corrected chi connectivity index (χ2v) is 8.05. The van der Waals surface area contributed by atoms with Crippen LogP contribution in [0.15, 0.2) is 54.6 Å². The average Bonchev–Trinajstić information content (AvgIpc) is 3.44. The predicted molar refractivity (Wildman–Crippen MR) is 114 cm³/mol. The summed E-state index contributed by atoms with van der Waals surface area (Å²) in [7, 11) is 0. The van der Waals surface area contributed by atoms with Crippen molar-refractivity contribution in [3.8, 4) is 5.75 Å². The van der Waals surface area contributed by atoms with Crippen LogP contribution in [-0.2, 0) is 9.59 Å². The summed E-state index contributed by atoms with van der Waals surface area (Å²) in [5.74, 6) is -0.315. The Bertz CT molecular complexity index is 1080. The Balaban J connectivity index is 1.43. The van der Waals surface area contributed by atoms with Gasteiger partial charge in [0.2, 0.25) is 11.8 Å². The van der Waals surface area contributed by atoms with Crippen molar-refractivity contribution in [1.29, 1.82) is 0 Å². The van der Waals surface area contributed by atoms with Gasteiger partial charge in [0.15, 0.2) is 0 Å². The van der Waals surface area contributed by atoms with Crippen LogP contribution in [0.5, 0.6) is 5.75 Å². The number of fused-ring (bicyclic) bond motifs is 5. The van der Waals surface area contributed by atoms with Crippen molar-refractivity contribution in [2.75, 3.05) is 16.8 Å². The number of carbonyl (C=O) groups excluding carboxylic acids is 2. The van der Waals surface area contributed by atoms with Gasteiger partial charge in [-0.3, -0.25) is 19.7 Å². The van der Waals surface area contributed by atoms with Crippen LogP contribution in [0.3, 0.4) is 0 Å². The molecule has 2 aromatic rings. The van der Waals surface area contributed by atoms with Gasteiger partial charge in [0, 0.05) is 11.8 Å². The summed E-state index contributed by atoms with van der Waals surface area (Å²) in [6.45, 7) is 2.44. The first-order valence-corrected chi connectivity index (χ1v) is 10.3. The Morgan fingerprint density at radius 1 is 1.06 bits per heavy atom. The molecule has 1 saturated heterocycles. The van der Waals surface area contributed by atoms with E-state index in [1.165, 1.54) is 12.1 Å². The van der Waals surface area contributed by atoms with Crippen molar-refractivity contribution in [3.05, 3.63) is 64.7 Å². The van der Waals surface area contributed by atoms with Gasteiger partial charge in [-0.25, -0.2) is 4.90 Å². The van der Waals surface area contributed by atoms with E-state index in [9.17, 15) is 19.7 Å². The van der Waals surface area contributed by atoms with Crippen LogP contribution < -0.4 is 15.0 Å². The number of benzene rings is 2. The summed E-state index contributed by atoms with van der Waals surface area (Å²) in [6.07, 6.45) is 4.88. The highest BCUT2D eigenvalue weighted by Crippen LogP contribution is 2.53. The van der Waals surface area contributed by atoms with Gasteiger partial charge in [-0.1, -0.05) is 12.2 Å². The number of rotatable bonds is 6. The molecule has 8 nitrogen and oxygen atoms in total.